The van der Waals surface area contributed by atoms with Crippen molar-refractivity contribution in [3.8, 4) is 11.3 Å². The highest BCUT2D eigenvalue weighted by atomic mass is 32.1. The van der Waals surface area contributed by atoms with Gasteiger partial charge in [-0.3, -0.25) is 0 Å². The van der Waals surface area contributed by atoms with Gasteiger partial charge in [0.05, 0.1) is 11.2 Å². The SMILES string of the molecule is CCC(=C(c1ccc(C=CC(=O)O)cc1)c1cccc(-c2cscn2)c1)c1ccccc1. The van der Waals surface area contributed by atoms with Gasteiger partial charge in [0.15, 0.2) is 0 Å². The fourth-order valence-corrected chi connectivity index (χ4v) is 4.36. The van der Waals surface area contributed by atoms with Gasteiger partial charge < -0.3 is 5.11 Å². The quantitative estimate of drug-likeness (QED) is 0.244. The summed E-state index contributed by atoms with van der Waals surface area (Å²) in [5, 5.41) is 11.0. The van der Waals surface area contributed by atoms with Crippen LogP contribution in [0.1, 0.15) is 35.6 Å². The zero-order valence-electron chi connectivity index (χ0n) is 17.7. The molecule has 4 aromatic rings. The van der Waals surface area contributed by atoms with Crippen LogP contribution in [0.5, 0.6) is 0 Å². The van der Waals surface area contributed by atoms with Gasteiger partial charge in [0, 0.05) is 17.0 Å². The molecule has 158 valence electrons. The second-order valence-corrected chi connectivity index (χ2v) is 8.04. The summed E-state index contributed by atoms with van der Waals surface area (Å²) in [6, 6.07) is 27.0. The van der Waals surface area contributed by atoms with E-state index in [-0.39, 0.29) is 0 Å². The molecule has 0 amide bonds. The van der Waals surface area contributed by atoms with Crippen LogP contribution in [-0.2, 0) is 4.79 Å². The summed E-state index contributed by atoms with van der Waals surface area (Å²) in [4.78, 5) is 15.3. The number of benzene rings is 3. The highest BCUT2D eigenvalue weighted by Gasteiger charge is 2.14. The van der Waals surface area contributed by atoms with Gasteiger partial charge >= 0.3 is 5.97 Å². The molecule has 1 aromatic heterocycles. The third-order valence-corrected chi connectivity index (χ3v) is 5.86. The van der Waals surface area contributed by atoms with Crippen LogP contribution in [0, 0.1) is 0 Å². The van der Waals surface area contributed by atoms with E-state index >= 15 is 0 Å². The zero-order valence-corrected chi connectivity index (χ0v) is 18.5. The van der Waals surface area contributed by atoms with Crippen molar-refractivity contribution in [2.75, 3.05) is 0 Å². The smallest absolute Gasteiger partial charge is 0.328 e. The van der Waals surface area contributed by atoms with Gasteiger partial charge in [0.2, 0.25) is 0 Å². The number of hydrogen-bond donors (Lipinski definition) is 1. The number of rotatable bonds is 7. The molecule has 0 aliphatic rings. The van der Waals surface area contributed by atoms with Crippen LogP contribution < -0.4 is 0 Å². The molecule has 0 atom stereocenters. The van der Waals surface area contributed by atoms with Crippen molar-refractivity contribution < 1.29 is 9.90 Å². The topological polar surface area (TPSA) is 50.2 Å². The number of hydrogen-bond acceptors (Lipinski definition) is 3. The number of aromatic nitrogens is 1. The Morgan fingerprint density at radius 1 is 0.938 bits per heavy atom. The lowest BCUT2D eigenvalue weighted by molar-refractivity contribution is -0.131. The summed E-state index contributed by atoms with van der Waals surface area (Å²) in [6.07, 6.45) is 3.64. The van der Waals surface area contributed by atoms with E-state index in [1.807, 2.05) is 23.7 Å². The van der Waals surface area contributed by atoms with Crippen molar-refractivity contribution in [3.05, 3.63) is 118 Å². The van der Waals surface area contributed by atoms with Crippen molar-refractivity contribution in [3.63, 3.8) is 0 Å². The highest BCUT2D eigenvalue weighted by Crippen LogP contribution is 2.36. The Kier molecular flexibility index (Phi) is 6.73. The number of nitrogens with zero attached hydrogens (tertiary/aromatic N) is 1. The first-order chi connectivity index (χ1) is 15.7. The molecule has 3 aromatic carbocycles. The molecule has 32 heavy (non-hydrogen) atoms. The van der Waals surface area contributed by atoms with Crippen LogP contribution in [0.25, 0.3) is 28.5 Å². The van der Waals surface area contributed by atoms with Gasteiger partial charge in [-0.2, -0.15) is 0 Å². The lowest BCUT2D eigenvalue weighted by Crippen LogP contribution is -1.96. The maximum absolute atomic E-state index is 10.8. The average molecular weight is 438 g/mol. The minimum atomic E-state index is -0.953. The minimum absolute atomic E-state index is 0.851. The summed E-state index contributed by atoms with van der Waals surface area (Å²) in [5.41, 5.74) is 10.6. The third kappa shape index (κ3) is 4.93. The first-order valence-corrected chi connectivity index (χ1v) is 11.4. The summed E-state index contributed by atoms with van der Waals surface area (Å²) in [7, 11) is 0. The molecule has 0 aliphatic carbocycles. The Bertz CT molecular complexity index is 1250. The zero-order chi connectivity index (χ0) is 22.3. The van der Waals surface area contributed by atoms with Crippen LogP contribution in [-0.4, -0.2) is 16.1 Å². The molecule has 4 heteroatoms. The summed E-state index contributed by atoms with van der Waals surface area (Å²) < 4.78 is 0. The number of allylic oxidation sites excluding steroid dienone is 1. The molecule has 0 bridgehead atoms. The molecule has 0 fully saturated rings. The van der Waals surface area contributed by atoms with E-state index in [1.165, 1.54) is 16.7 Å². The van der Waals surface area contributed by atoms with Gasteiger partial charge in [-0.25, -0.2) is 9.78 Å². The van der Waals surface area contributed by atoms with Crippen molar-refractivity contribution >= 4 is 34.5 Å². The van der Waals surface area contributed by atoms with Crippen molar-refractivity contribution in [2.45, 2.75) is 13.3 Å². The van der Waals surface area contributed by atoms with E-state index in [9.17, 15) is 4.79 Å². The van der Waals surface area contributed by atoms with E-state index in [0.717, 1.165) is 40.4 Å². The van der Waals surface area contributed by atoms with E-state index in [2.05, 4.69) is 78.0 Å². The predicted octanol–water partition coefficient (Wildman–Crippen LogP) is 7.28. The van der Waals surface area contributed by atoms with Crippen LogP contribution in [0.4, 0.5) is 0 Å². The average Bonchev–Trinajstić information content (AvgIpc) is 3.37. The first kappa shape index (κ1) is 21.5. The van der Waals surface area contributed by atoms with Crippen LogP contribution in [0.2, 0.25) is 0 Å². The Hall–Kier alpha value is -3.76. The summed E-state index contributed by atoms with van der Waals surface area (Å²) >= 11 is 1.59. The maximum atomic E-state index is 10.8. The monoisotopic (exact) mass is 437 g/mol. The Morgan fingerprint density at radius 3 is 2.34 bits per heavy atom. The van der Waals surface area contributed by atoms with Crippen molar-refractivity contribution in [2.24, 2.45) is 0 Å². The molecular formula is C28H23NO2S. The van der Waals surface area contributed by atoms with Gasteiger partial charge in [-0.1, -0.05) is 79.7 Å². The number of carbonyl (C=O) groups is 1. The molecule has 0 radical (unpaired) electrons. The summed E-state index contributed by atoms with van der Waals surface area (Å²) in [5.74, 6) is -0.953. The van der Waals surface area contributed by atoms with E-state index in [1.54, 1.807) is 17.4 Å². The van der Waals surface area contributed by atoms with Crippen molar-refractivity contribution in [1.82, 2.24) is 4.98 Å². The summed E-state index contributed by atoms with van der Waals surface area (Å²) in [6.45, 7) is 2.18. The molecule has 1 heterocycles. The largest absolute Gasteiger partial charge is 0.478 e. The van der Waals surface area contributed by atoms with Crippen LogP contribution >= 0.6 is 11.3 Å². The van der Waals surface area contributed by atoms with Crippen LogP contribution in [0.15, 0.2) is 95.8 Å². The molecule has 0 saturated carbocycles. The lowest BCUT2D eigenvalue weighted by atomic mass is 9.87. The second kappa shape index (κ2) is 10.0. The Morgan fingerprint density at radius 2 is 1.69 bits per heavy atom. The lowest BCUT2D eigenvalue weighted by Gasteiger charge is -2.17. The number of thiazole rings is 1. The molecule has 0 unspecified atom stereocenters. The highest BCUT2D eigenvalue weighted by molar-refractivity contribution is 7.07. The molecular weight excluding hydrogens is 414 g/mol. The maximum Gasteiger partial charge on any atom is 0.328 e. The number of aliphatic carboxylic acids is 1. The van der Waals surface area contributed by atoms with E-state index in [0.29, 0.717) is 0 Å². The molecule has 0 spiro atoms. The molecule has 4 rings (SSSR count). The van der Waals surface area contributed by atoms with Gasteiger partial charge in [-0.15, -0.1) is 11.3 Å². The fourth-order valence-electron chi connectivity index (χ4n) is 3.80. The Balaban J connectivity index is 1.88. The van der Waals surface area contributed by atoms with E-state index in [4.69, 9.17) is 5.11 Å². The standard InChI is InChI=1S/C28H23NO2S/c1-2-25(21-7-4-3-5-8-21)28(22-14-11-20(12-15-22)13-16-27(30)31)24-10-6-9-23(17-24)26-18-32-19-29-26/h3-19H,2H2,1H3,(H,30,31). The number of carboxylic acids is 1. The molecule has 0 aliphatic heterocycles. The minimum Gasteiger partial charge on any atom is -0.478 e. The van der Waals surface area contributed by atoms with Gasteiger partial charge in [-0.05, 0) is 52.0 Å². The Labute approximate surface area is 192 Å². The van der Waals surface area contributed by atoms with Crippen LogP contribution in [0.3, 0.4) is 0 Å². The van der Waals surface area contributed by atoms with Gasteiger partial charge in [0.1, 0.15) is 0 Å². The fraction of sp³-hybridized carbons (Fsp3) is 0.0714. The normalized spacial score (nSPS) is 12.0. The van der Waals surface area contributed by atoms with Gasteiger partial charge in [0.25, 0.3) is 0 Å². The third-order valence-electron chi connectivity index (χ3n) is 5.27. The molecule has 3 nitrogen and oxygen atoms in total. The predicted molar refractivity (Wildman–Crippen MR) is 133 cm³/mol. The second-order valence-electron chi connectivity index (χ2n) is 7.32. The molecule has 0 saturated heterocycles. The van der Waals surface area contributed by atoms with E-state index < -0.39 is 5.97 Å². The van der Waals surface area contributed by atoms with Crippen molar-refractivity contribution in [1.29, 1.82) is 0 Å². The number of carboxylic acid groups (broad SMARTS) is 1. The first-order valence-electron chi connectivity index (χ1n) is 10.4. The molecule has 1 N–H and O–H groups in total.